The van der Waals surface area contributed by atoms with E-state index in [1.165, 1.54) is 0 Å². The Morgan fingerprint density at radius 2 is 2.10 bits per heavy atom. The number of aromatic nitrogens is 2. The van der Waals surface area contributed by atoms with Crippen LogP contribution in [0.25, 0.3) is 11.0 Å². The topological polar surface area (TPSA) is 38.1 Å². The van der Waals surface area contributed by atoms with Gasteiger partial charge in [-0.05, 0) is 30.3 Å². The van der Waals surface area contributed by atoms with Gasteiger partial charge in [-0.15, -0.1) is 0 Å². The van der Waals surface area contributed by atoms with Gasteiger partial charge in [0.05, 0.1) is 11.0 Å². The van der Waals surface area contributed by atoms with Crippen molar-refractivity contribution in [3.8, 4) is 0 Å². The van der Waals surface area contributed by atoms with E-state index in [1.54, 1.807) is 27.7 Å². The number of imidazole rings is 1. The maximum absolute atomic E-state index is 12.6. The standard InChI is InChI=1S/C13H13F2N3OS/c14-12(15)20-13-16-9-4-1-2-5-10(9)18(13)8-11(19)17-6-3-7-17/h1-2,4-5,12H,3,6-8H2. The predicted molar refractivity (Wildman–Crippen MR) is 72.8 cm³/mol. The fourth-order valence-corrected chi connectivity index (χ4v) is 2.78. The fraction of sp³-hybridized carbons (Fsp3) is 0.385. The molecule has 3 rings (SSSR count). The molecule has 1 aliphatic rings. The molecule has 0 unspecified atom stereocenters. The molecule has 1 aliphatic heterocycles. The zero-order valence-corrected chi connectivity index (χ0v) is 11.4. The summed E-state index contributed by atoms with van der Waals surface area (Å²) in [7, 11) is 0. The van der Waals surface area contributed by atoms with E-state index in [4.69, 9.17) is 0 Å². The average Bonchev–Trinajstić information content (AvgIpc) is 2.64. The molecule has 0 spiro atoms. The van der Waals surface area contributed by atoms with Crippen molar-refractivity contribution in [1.82, 2.24) is 14.5 Å². The van der Waals surface area contributed by atoms with Gasteiger partial charge in [-0.25, -0.2) is 4.98 Å². The van der Waals surface area contributed by atoms with Gasteiger partial charge in [0.25, 0.3) is 5.76 Å². The van der Waals surface area contributed by atoms with Crippen molar-refractivity contribution < 1.29 is 13.6 Å². The quantitative estimate of drug-likeness (QED) is 0.814. The molecule has 0 aliphatic carbocycles. The molecule has 0 radical (unpaired) electrons. The lowest BCUT2D eigenvalue weighted by Gasteiger charge is -2.31. The van der Waals surface area contributed by atoms with Gasteiger partial charge in [0.2, 0.25) is 5.91 Å². The summed E-state index contributed by atoms with van der Waals surface area (Å²) < 4.78 is 26.8. The van der Waals surface area contributed by atoms with Gasteiger partial charge in [-0.3, -0.25) is 4.79 Å². The highest BCUT2D eigenvalue weighted by atomic mass is 32.2. The number of hydrogen-bond acceptors (Lipinski definition) is 3. The van der Waals surface area contributed by atoms with E-state index in [-0.39, 0.29) is 17.6 Å². The molecule has 1 aromatic carbocycles. The molecule has 1 aromatic heterocycles. The number of alkyl halides is 2. The molecular weight excluding hydrogens is 284 g/mol. The van der Waals surface area contributed by atoms with Crippen LogP contribution in [0, 0.1) is 0 Å². The van der Waals surface area contributed by atoms with Gasteiger partial charge in [0.15, 0.2) is 5.16 Å². The van der Waals surface area contributed by atoms with Gasteiger partial charge >= 0.3 is 0 Å². The number of para-hydroxylation sites is 2. The molecule has 0 bridgehead atoms. The lowest BCUT2D eigenvalue weighted by Crippen LogP contribution is -2.43. The maximum Gasteiger partial charge on any atom is 0.291 e. The summed E-state index contributed by atoms with van der Waals surface area (Å²) >= 11 is 0.378. The Kier molecular flexibility index (Phi) is 3.60. The van der Waals surface area contributed by atoms with Gasteiger partial charge in [0, 0.05) is 13.1 Å². The molecule has 0 saturated carbocycles. The predicted octanol–water partition coefficient (Wildman–Crippen LogP) is 2.58. The molecule has 4 nitrogen and oxygen atoms in total. The summed E-state index contributed by atoms with van der Waals surface area (Å²) in [5.74, 6) is -2.60. The van der Waals surface area contributed by atoms with E-state index in [1.807, 2.05) is 6.07 Å². The minimum Gasteiger partial charge on any atom is -0.341 e. The number of fused-ring (bicyclic) bond motifs is 1. The SMILES string of the molecule is O=C(Cn1c(SC(F)F)nc2ccccc21)N1CCC1. The van der Waals surface area contributed by atoms with Crippen molar-refractivity contribution in [2.75, 3.05) is 13.1 Å². The second-order valence-electron chi connectivity index (χ2n) is 4.58. The van der Waals surface area contributed by atoms with E-state index in [0.29, 0.717) is 22.8 Å². The molecule has 7 heteroatoms. The molecule has 0 N–H and O–H groups in total. The molecule has 20 heavy (non-hydrogen) atoms. The van der Waals surface area contributed by atoms with Crippen LogP contribution in [0.4, 0.5) is 8.78 Å². The lowest BCUT2D eigenvalue weighted by atomic mass is 10.2. The van der Waals surface area contributed by atoms with Crippen LogP contribution in [-0.4, -0.2) is 39.2 Å². The Balaban J connectivity index is 1.94. The summed E-state index contributed by atoms with van der Waals surface area (Å²) in [5, 5.41) is 0.190. The number of hydrogen-bond donors (Lipinski definition) is 0. The molecule has 1 fully saturated rings. The van der Waals surface area contributed by atoms with Crippen molar-refractivity contribution in [3.63, 3.8) is 0 Å². The highest BCUT2D eigenvalue weighted by molar-refractivity contribution is 7.99. The van der Waals surface area contributed by atoms with Crippen LogP contribution in [-0.2, 0) is 11.3 Å². The number of thioether (sulfide) groups is 1. The van der Waals surface area contributed by atoms with Crippen LogP contribution in [0.1, 0.15) is 6.42 Å². The molecule has 0 atom stereocenters. The smallest absolute Gasteiger partial charge is 0.291 e. The Hall–Kier alpha value is -1.63. The number of carbonyl (C=O) groups excluding carboxylic acids is 1. The highest BCUT2D eigenvalue weighted by Gasteiger charge is 2.23. The first-order valence-corrected chi connectivity index (χ1v) is 7.21. The van der Waals surface area contributed by atoms with Crippen molar-refractivity contribution >= 4 is 28.7 Å². The first-order chi connectivity index (χ1) is 9.65. The van der Waals surface area contributed by atoms with Gasteiger partial charge in [-0.1, -0.05) is 12.1 Å². The second-order valence-corrected chi connectivity index (χ2v) is 5.54. The summed E-state index contributed by atoms with van der Waals surface area (Å²) in [6, 6.07) is 7.16. The highest BCUT2D eigenvalue weighted by Crippen LogP contribution is 2.28. The molecule has 1 amide bonds. The first kappa shape index (κ1) is 13.4. The number of halogens is 2. The van der Waals surface area contributed by atoms with Gasteiger partial charge < -0.3 is 9.47 Å². The third-order valence-electron chi connectivity index (χ3n) is 3.32. The number of nitrogens with zero attached hydrogens (tertiary/aromatic N) is 3. The van der Waals surface area contributed by atoms with Crippen molar-refractivity contribution in [1.29, 1.82) is 0 Å². The Morgan fingerprint density at radius 1 is 1.35 bits per heavy atom. The lowest BCUT2D eigenvalue weighted by molar-refractivity contribution is -0.135. The Morgan fingerprint density at radius 3 is 2.75 bits per heavy atom. The van der Waals surface area contributed by atoms with E-state index in [0.717, 1.165) is 19.5 Å². The summed E-state index contributed by atoms with van der Waals surface area (Å²) in [5.41, 5.74) is 1.34. The summed E-state index contributed by atoms with van der Waals surface area (Å²) in [4.78, 5) is 18.0. The number of benzene rings is 1. The number of rotatable bonds is 4. The summed E-state index contributed by atoms with van der Waals surface area (Å²) in [6.45, 7) is 1.57. The zero-order valence-electron chi connectivity index (χ0n) is 10.6. The average molecular weight is 297 g/mol. The normalized spacial score (nSPS) is 14.8. The molecule has 1 saturated heterocycles. The largest absolute Gasteiger partial charge is 0.341 e. The van der Waals surface area contributed by atoms with Crippen LogP contribution < -0.4 is 0 Å². The Labute approximate surface area is 118 Å². The maximum atomic E-state index is 12.6. The Bertz CT molecular complexity index is 640. The van der Waals surface area contributed by atoms with Crippen molar-refractivity contribution in [2.45, 2.75) is 23.9 Å². The number of amides is 1. The zero-order chi connectivity index (χ0) is 14.1. The van der Waals surface area contributed by atoms with E-state index < -0.39 is 5.76 Å². The number of likely N-dealkylation sites (tertiary alicyclic amines) is 1. The van der Waals surface area contributed by atoms with Crippen LogP contribution in [0.15, 0.2) is 29.4 Å². The van der Waals surface area contributed by atoms with Crippen molar-refractivity contribution in [2.24, 2.45) is 0 Å². The third-order valence-corrected chi connectivity index (χ3v) is 4.02. The second kappa shape index (κ2) is 5.40. The van der Waals surface area contributed by atoms with Crippen LogP contribution in [0.5, 0.6) is 0 Å². The van der Waals surface area contributed by atoms with E-state index >= 15 is 0 Å². The number of carbonyl (C=O) groups is 1. The van der Waals surface area contributed by atoms with Gasteiger partial charge in [-0.2, -0.15) is 8.78 Å². The van der Waals surface area contributed by atoms with Crippen LogP contribution in [0.3, 0.4) is 0 Å². The van der Waals surface area contributed by atoms with E-state index in [2.05, 4.69) is 4.98 Å². The monoisotopic (exact) mass is 297 g/mol. The van der Waals surface area contributed by atoms with Crippen molar-refractivity contribution in [3.05, 3.63) is 24.3 Å². The molecule has 2 heterocycles. The van der Waals surface area contributed by atoms with Crippen LogP contribution >= 0.6 is 11.8 Å². The van der Waals surface area contributed by atoms with E-state index in [9.17, 15) is 13.6 Å². The van der Waals surface area contributed by atoms with Gasteiger partial charge in [0.1, 0.15) is 6.54 Å². The van der Waals surface area contributed by atoms with Crippen LogP contribution in [0.2, 0.25) is 0 Å². The molecule has 2 aromatic rings. The molecule has 106 valence electrons. The molecular formula is C13H13F2N3OS. The minimum absolute atomic E-state index is 0.0458. The fourth-order valence-electron chi connectivity index (χ4n) is 2.18. The minimum atomic E-state index is -2.55. The first-order valence-electron chi connectivity index (χ1n) is 6.33. The third kappa shape index (κ3) is 2.49. The summed E-state index contributed by atoms with van der Waals surface area (Å²) in [6.07, 6.45) is 1.01.